The average molecular weight is 630 g/mol. The van der Waals surface area contributed by atoms with Crippen LogP contribution in [0.1, 0.15) is 44.2 Å². The zero-order valence-electron chi connectivity index (χ0n) is 25.3. The number of nitrogens with zero attached hydrogens (tertiary/aromatic N) is 2. The number of ether oxygens (including phenoxy) is 2. The summed E-state index contributed by atoms with van der Waals surface area (Å²) in [5, 5.41) is 3.46. The van der Waals surface area contributed by atoms with E-state index in [9.17, 15) is 18.0 Å². The van der Waals surface area contributed by atoms with Crippen LogP contribution in [-0.4, -0.2) is 58.5 Å². The highest BCUT2D eigenvalue weighted by molar-refractivity contribution is 7.92. The van der Waals surface area contributed by atoms with Crippen LogP contribution < -0.4 is 19.1 Å². The molecule has 3 rings (SSSR count). The van der Waals surface area contributed by atoms with Crippen molar-refractivity contribution in [3.63, 3.8) is 0 Å². The fourth-order valence-corrected chi connectivity index (χ4v) is 6.09. The van der Waals surface area contributed by atoms with Gasteiger partial charge in [-0.1, -0.05) is 61.7 Å². The lowest BCUT2D eigenvalue weighted by atomic mass is 10.1. The molecule has 0 aliphatic rings. The molecule has 1 atom stereocenters. The van der Waals surface area contributed by atoms with Gasteiger partial charge in [-0.25, -0.2) is 8.42 Å². The Balaban J connectivity index is 2.09. The number of hydrogen-bond acceptors (Lipinski definition) is 6. The number of carbonyl (C=O) groups excluding carboxylic acids is 2. The first-order chi connectivity index (χ1) is 20.5. The summed E-state index contributed by atoms with van der Waals surface area (Å²) in [6, 6.07) is 17.2. The van der Waals surface area contributed by atoms with Gasteiger partial charge in [-0.15, -0.1) is 0 Å². The molecule has 43 heavy (non-hydrogen) atoms. The van der Waals surface area contributed by atoms with Gasteiger partial charge in [0, 0.05) is 24.2 Å². The Kier molecular flexibility index (Phi) is 12.3. The van der Waals surface area contributed by atoms with Gasteiger partial charge in [0.2, 0.25) is 11.8 Å². The van der Waals surface area contributed by atoms with Crippen molar-refractivity contribution < 1.29 is 27.5 Å². The Hall–Kier alpha value is -3.76. The molecule has 3 aromatic carbocycles. The number of nitrogens with one attached hydrogen (secondary N) is 1. The summed E-state index contributed by atoms with van der Waals surface area (Å²) in [6.07, 6.45) is 2.04. The van der Waals surface area contributed by atoms with Crippen molar-refractivity contribution in [1.82, 2.24) is 10.2 Å². The lowest BCUT2D eigenvalue weighted by Crippen LogP contribution is -2.52. The smallest absolute Gasteiger partial charge is 0.264 e. The van der Waals surface area contributed by atoms with Crippen molar-refractivity contribution in [3.05, 3.63) is 82.9 Å². The molecule has 11 heteroatoms. The molecule has 0 heterocycles. The number of rotatable bonds is 15. The molecule has 232 valence electrons. The summed E-state index contributed by atoms with van der Waals surface area (Å²) in [4.78, 5) is 29.0. The molecule has 1 N–H and O–H groups in total. The van der Waals surface area contributed by atoms with Crippen LogP contribution in [0.3, 0.4) is 0 Å². The van der Waals surface area contributed by atoms with Crippen molar-refractivity contribution in [2.24, 2.45) is 0 Å². The van der Waals surface area contributed by atoms with Crippen molar-refractivity contribution in [2.75, 3.05) is 31.6 Å². The molecule has 3 aromatic rings. The molecule has 0 saturated heterocycles. The maximum atomic E-state index is 14.2. The van der Waals surface area contributed by atoms with Gasteiger partial charge in [-0.2, -0.15) is 0 Å². The fourth-order valence-electron chi connectivity index (χ4n) is 4.56. The normalized spacial score (nSPS) is 11.9. The van der Waals surface area contributed by atoms with Gasteiger partial charge in [0.25, 0.3) is 10.0 Å². The minimum atomic E-state index is -4.22. The molecule has 0 aromatic heterocycles. The van der Waals surface area contributed by atoms with Gasteiger partial charge in [-0.05, 0) is 61.7 Å². The molecule has 0 aliphatic carbocycles. The molecule has 0 radical (unpaired) electrons. The number of unbranched alkanes of at least 4 members (excludes halogenated alkanes) is 1. The van der Waals surface area contributed by atoms with Gasteiger partial charge in [0.15, 0.2) is 11.5 Å². The topological polar surface area (TPSA) is 105 Å². The van der Waals surface area contributed by atoms with E-state index in [0.29, 0.717) is 29.5 Å². The first-order valence-electron chi connectivity index (χ1n) is 14.2. The number of amides is 2. The number of halogens is 1. The average Bonchev–Trinajstić information content (AvgIpc) is 3.00. The number of sulfonamides is 1. The highest BCUT2D eigenvalue weighted by Gasteiger charge is 2.34. The Morgan fingerprint density at radius 2 is 1.58 bits per heavy atom. The molecule has 0 bridgehead atoms. The van der Waals surface area contributed by atoms with Crippen LogP contribution in [0, 0.1) is 6.92 Å². The summed E-state index contributed by atoms with van der Waals surface area (Å²) < 4.78 is 40.0. The van der Waals surface area contributed by atoms with Crippen LogP contribution in [0.15, 0.2) is 71.6 Å². The highest BCUT2D eigenvalue weighted by atomic mass is 35.5. The molecular formula is C32H40ClN3O6S. The van der Waals surface area contributed by atoms with E-state index in [-0.39, 0.29) is 23.0 Å². The van der Waals surface area contributed by atoms with E-state index in [2.05, 4.69) is 5.32 Å². The van der Waals surface area contributed by atoms with Crippen LogP contribution in [0.4, 0.5) is 5.69 Å². The third-order valence-corrected chi connectivity index (χ3v) is 9.06. The van der Waals surface area contributed by atoms with E-state index in [4.69, 9.17) is 21.1 Å². The van der Waals surface area contributed by atoms with Crippen LogP contribution in [0.25, 0.3) is 0 Å². The number of benzene rings is 3. The Bertz CT molecular complexity index is 1480. The van der Waals surface area contributed by atoms with Crippen LogP contribution in [-0.2, 0) is 26.2 Å². The minimum absolute atomic E-state index is 0.0225. The molecule has 0 unspecified atom stereocenters. The molecule has 0 spiro atoms. The lowest BCUT2D eigenvalue weighted by molar-refractivity contribution is -0.140. The van der Waals surface area contributed by atoms with Gasteiger partial charge in [-0.3, -0.25) is 13.9 Å². The number of aryl methyl sites for hydroxylation is 1. The number of carbonyl (C=O) groups is 2. The van der Waals surface area contributed by atoms with Crippen molar-refractivity contribution in [2.45, 2.75) is 57.5 Å². The third kappa shape index (κ3) is 8.64. The zero-order valence-corrected chi connectivity index (χ0v) is 26.9. The van der Waals surface area contributed by atoms with E-state index >= 15 is 0 Å². The second kappa shape index (κ2) is 15.6. The molecule has 9 nitrogen and oxygen atoms in total. The minimum Gasteiger partial charge on any atom is -0.493 e. The predicted octanol–water partition coefficient (Wildman–Crippen LogP) is 5.58. The van der Waals surface area contributed by atoms with Gasteiger partial charge < -0.3 is 19.7 Å². The Labute approximate surface area is 259 Å². The van der Waals surface area contributed by atoms with Crippen molar-refractivity contribution >= 4 is 39.1 Å². The van der Waals surface area contributed by atoms with E-state index in [1.54, 1.807) is 48.5 Å². The van der Waals surface area contributed by atoms with E-state index in [1.165, 1.54) is 37.3 Å². The zero-order chi connectivity index (χ0) is 31.6. The summed E-state index contributed by atoms with van der Waals surface area (Å²) in [7, 11) is -1.30. The van der Waals surface area contributed by atoms with E-state index < -0.39 is 28.5 Å². The van der Waals surface area contributed by atoms with Gasteiger partial charge in [0.05, 0.1) is 24.8 Å². The maximum Gasteiger partial charge on any atom is 0.264 e. The third-order valence-electron chi connectivity index (χ3n) is 7.02. The van der Waals surface area contributed by atoms with E-state index in [1.807, 2.05) is 20.8 Å². The molecule has 0 saturated carbocycles. The van der Waals surface area contributed by atoms with Crippen LogP contribution in [0.5, 0.6) is 11.5 Å². The molecule has 2 amide bonds. The second-order valence-corrected chi connectivity index (χ2v) is 12.4. The maximum absolute atomic E-state index is 14.2. The van der Waals surface area contributed by atoms with Gasteiger partial charge in [0.1, 0.15) is 12.6 Å². The Morgan fingerprint density at radius 1 is 0.930 bits per heavy atom. The van der Waals surface area contributed by atoms with Gasteiger partial charge >= 0.3 is 0 Å². The fraction of sp³-hybridized carbons (Fsp3) is 0.375. The number of anilines is 1. The lowest BCUT2D eigenvalue weighted by Gasteiger charge is -2.33. The van der Waals surface area contributed by atoms with Crippen molar-refractivity contribution in [3.8, 4) is 11.5 Å². The Morgan fingerprint density at radius 3 is 2.16 bits per heavy atom. The predicted molar refractivity (Wildman–Crippen MR) is 169 cm³/mol. The summed E-state index contributed by atoms with van der Waals surface area (Å²) in [6.45, 7) is 5.71. The molecule has 0 aliphatic heterocycles. The SMILES string of the molecule is CCCCNC(=O)[C@@H](CC)N(Cc1ccc(Cl)cc1)C(=O)CN(c1ccc(OC)c(OC)c1)S(=O)(=O)c1ccc(C)cc1. The summed E-state index contributed by atoms with van der Waals surface area (Å²) >= 11 is 6.09. The number of methoxy groups -OCH3 is 2. The standard InChI is InChI=1S/C32H40ClN3O6S/c1-6-8-19-34-32(38)28(7-2)35(21-24-11-13-25(33)14-12-24)31(37)22-36(26-15-18-29(41-4)30(20-26)42-5)43(39,40)27-16-9-23(3)10-17-27/h9-18,20,28H,6-8,19,21-22H2,1-5H3,(H,34,38)/t28-/m1/s1. The van der Waals surface area contributed by atoms with Crippen molar-refractivity contribution in [1.29, 1.82) is 0 Å². The molecular weight excluding hydrogens is 590 g/mol. The van der Waals surface area contributed by atoms with E-state index in [0.717, 1.165) is 28.3 Å². The summed E-state index contributed by atoms with van der Waals surface area (Å²) in [5.74, 6) is -0.129. The first kappa shape index (κ1) is 33.7. The summed E-state index contributed by atoms with van der Waals surface area (Å²) in [5.41, 5.74) is 1.84. The molecule has 0 fully saturated rings. The second-order valence-electron chi connectivity index (χ2n) is 10.1. The largest absolute Gasteiger partial charge is 0.493 e. The quantitative estimate of drug-likeness (QED) is 0.220. The number of hydrogen-bond donors (Lipinski definition) is 1. The monoisotopic (exact) mass is 629 g/mol. The van der Waals surface area contributed by atoms with Crippen LogP contribution >= 0.6 is 11.6 Å². The first-order valence-corrected chi connectivity index (χ1v) is 16.0. The van der Waals surface area contributed by atoms with Crippen LogP contribution in [0.2, 0.25) is 5.02 Å². The highest BCUT2D eigenvalue weighted by Crippen LogP contribution is 2.34.